The fraction of sp³-hybridized carbons (Fsp3) is 0.579. The van der Waals surface area contributed by atoms with Crippen molar-refractivity contribution < 1.29 is 9.59 Å². The Labute approximate surface area is 145 Å². The Bertz CT molecular complexity index is 568. The van der Waals surface area contributed by atoms with E-state index >= 15 is 0 Å². The van der Waals surface area contributed by atoms with E-state index in [1.807, 2.05) is 45.3 Å². The third-order valence-corrected chi connectivity index (χ3v) is 4.70. The lowest BCUT2D eigenvalue weighted by Crippen LogP contribution is -2.46. The van der Waals surface area contributed by atoms with Crippen molar-refractivity contribution >= 4 is 11.8 Å². The summed E-state index contributed by atoms with van der Waals surface area (Å²) >= 11 is 0. The first-order valence-corrected chi connectivity index (χ1v) is 8.65. The molecule has 2 atom stereocenters. The normalized spacial score (nSPS) is 21.2. The van der Waals surface area contributed by atoms with Crippen LogP contribution < -0.4 is 5.32 Å². The van der Waals surface area contributed by atoms with Crippen LogP contribution >= 0.6 is 0 Å². The molecular formula is C19H29N3O2. The molecule has 1 aliphatic heterocycles. The van der Waals surface area contributed by atoms with Crippen LogP contribution in [0.25, 0.3) is 0 Å². The molecule has 0 unspecified atom stereocenters. The number of hydrogen-bond donors (Lipinski definition) is 1. The van der Waals surface area contributed by atoms with Crippen molar-refractivity contribution in [3.05, 3.63) is 35.4 Å². The number of carbonyl (C=O) groups excluding carboxylic acids is 2. The minimum atomic E-state index is -0.185. The maximum Gasteiger partial charge on any atom is 0.225 e. The highest BCUT2D eigenvalue weighted by Gasteiger charge is 2.38. The van der Waals surface area contributed by atoms with E-state index in [2.05, 4.69) is 10.2 Å². The molecule has 5 nitrogen and oxygen atoms in total. The van der Waals surface area contributed by atoms with Gasteiger partial charge >= 0.3 is 0 Å². The van der Waals surface area contributed by atoms with Gasteiger partial charge in [0.2, 0.25) is 11.8 Å². The third-order valence-electron chi connectivity index (χ3n) is 4.70. The van der Waals surface area contributed by atoms with Gasteiger partial charge < -0.3 is 15.1 Å². The first kappa shape index (κ1) is 18.5. The number of nitrogens with one attached hydrogen (secondary N) is 1. The molecule has 2 rings (SSSR count). The highest BCUT2D eigenvalue weighted by molar-refractivity contribution is 5.84. The first-order valence-electron chi connectivity index (χ1n) is 8.65. The average Bonchev–Trinajstić information content (AvgIpc) is 2.54. The molecule has 0 aromatic heterocycles. The van der Waals surface area contributed by atoms with Crippen LogP contribution in [0.3, 0.4) is 0 Å². The lowest BCUT2D eigenvalue weighted by Gasteiger charge is -2.38. The van der Waals surface area contributed by atoms with Gasteiger partial charge in [-0.25, -0.2) is 0 Å². The molecule has 1 aliphatic rings. The van der Waals surface area contributed by atoms with Crippen molar-refractivity contribution in [1.82, 2.24) is 15.1 Å². The van der Waals surface area contributed by atoms with Crippen LogP contribution in [0, 0.1) is 12.8 Å². The van der Waals surface area contributed by atoms with Gasteiger partial charge in [0.05, 0.1) is 12.0 Å². The number of likely N-dealkylation sites (tertiary alicyclic amines) is 1. The monoisotopic (exact) mass is 331 g/mol. The van der Waals surface area contributed by atoms with Gasteiger partial charge in [-0.05, 0) is 46.0 Å². The van der Waals surface area contributed by atoms with Gasteiger partial charge in [0.15, 0.2) is 0 Å². The van der Waals surface area contributed by atoms with Crippen molar-refractivity contribution in [3.8, 4) is 0 Å². The van der Waals surface area contributed by atoms with Crippen molar-refractivity contribution in [2.45, 2.75) is 32.2 Å². The number of amides is 2. The number of hydrogen-bond acceptors (Lipinski definition) is 3. The highest BCUT2D eigenvalue weighted by Crippen LogP contribution is 2.35. The summed E-state index contributed by atoms with van der Waals surface area (Å²) in [5, 5.41) is 3.05. The van der Waals surface area contributed by atoms with Gasteiger partial charge in [-0.2, -0.15) is 0 Å². The molecule has 0 saturated carbocycles. The number of nitrogens with zero attached hydrogens (tertiary/aromatic N) is 2. The largest absolute Gasteiger partial charge is 0.356 e. The van der Waals surface area contributed by atoms with E-state index < -0.39 is 0 Å². The molecule has 0 bridgehead atoms. The van der Waals surface area contributed by atoms with Gasteiger partial charge in [-0.15, -0.1) is 0 Å². The third kappa shape index (κ3) is 4.57. The van der Waals surface area contributed by atoms with Crippen LogP contribution in [0.1, 0.15) is 36.4 Å². The Hall–Kier alpha value is -1.88. The number of carbonyl (C=O) groups is 2. The molecule has 24 heavy (non-hydrogen) atoms. The molecule has 132 valence electrons. The maximum atomic E-state index is 12.7. The smallest absolute Gasteiger partial charge is 0.225 e. The average molecular weight is 331 g/mol. The number of aryl methyl sites for hydroxylation is 1. The van der Waals surface area contributed by atoms with E-state index in [1.165, 1.54) is 5.56 Å². The van der Waals surface area contributed by atoms with Crippen LogP contribution in [0.5, 0.6) is 0 Å². The van der Waals surface area contributed by atoms with E-state index in [9.17, 15) is 9.59 Å². The molecule has 1 saturated heterocycles. The molecule has 1 fully saturated rings. The van der Waals surface area contributed by atoms with Gasteiger partial charge in [0, 0.05) is 20.0 Å². The van der Waals surface area contributed by atoms with E-state index in [4.69, 9.17) is 0 Å². The Kier molecular flexibility index (Phi) is 6.37. The van der Waals surface area contributed by atoms with Crippen molar-refractivity contribution in [1.29, 1.82) is 0 Å². The summed E-state index contributed by atoms with van der Waals surface area (Å²) in [6, 6.07) is 7.95. The quantitative estimate of drug-likeness (QED) is 0.811. The maximum absolute atomic E-state index is 12.7. The lowest BCUT2D eigenvalue weighted by atomic mass is 9.83. The molecular weight excluding hydrogens is 302 g/mol. The van der Waals surface area contributed by atoms with Crippen LogP contribution in [0.4, 0.5) is 0 Å². The predicted molar refractivity (Wildman–Crippen MR) is 95.6 cm³/mol. The molecule has 2 amide bonds. The Morgan fingerprint density at radius 2 is 1.96 bits per heavy atom. The van der Waals surface area contributed by atoms with Crippen LogP contribution in [-0.2, 0) is 9.59 Å². The second kappa shape index (κ2) is 8.29. The second-order valence-corrected chi connectivity index (χ2v) is 6.95. The molecule has 0 spiro atoms. The Morgan fingerprint density at radius 1 is 1.29 bits per heavy atom. The van der Waals surface area contributed by atoms with E-state index in [0.717, 1.165) is 18.5 Å². The first-order chi connectivity index (χ1) is 11.4. The fourth-order valence-corrected chi connectivity index (χ4v) is 3.27. The molecule has 1 aromatic rings. The van der Waals surface area contributed by atoms with Crippen LogP contribution in [0.2, 0.25) is 0 Å². The second-order valence-electron chi connectivity index (χ2n) is 6.95. The fourth-order valence-electron chi connectivity index (χ4n) is 3.27. The summed E-state index contributed by atoms with van der Waals surface area (Å²) in [5.41, 5.74) is 2.21. The number of piperidine rings is 1. The highest BCUT2D eigenvalue weighted by atomic mass is 16.2. The molecule has 1 N–H and O–H groups in total. The van der Waals surface area contributed by atoms with Crippen LogP contribution in [-0.4, -0.2) is 55.8 Å². The van der Waals surface area contributed by atoms with Gasteiger partial charge in [-0.1, -0.05) is 29.8 Å². The summed E-state index contributed by atoms with van der Waals surface area (Å²) in [6.07, 6.45) is 1.98. The lowest BCUT2D eigenvalue weighted by molar-refractivity contribution is -0.141. The number of rotatable bonds is 6. The van der Waals surface area contributed by atoms with Gasteiger partial charge in [-0.3, -0.25) is 9.59 Å². The summed E-state index contributed by atoms with van der Waals surface area (Å²) in [6.45, 7) is 3.66. The summed E-state index contributed by atoms with van der Waals surface area (Å²) in [5.74, 6) is -0.0225. The summed E-state index contributed by atoms with van der Waals surface area (Å²) in [7, 11) is 5.85. The molecule has 5 heteroatoms. The van der Waals surface area contributed by atoms with E-state index in [1.54, 1.807) is 11.9 Å². The molecule has 1 heterocycles. The van der Waals surface area contributed by atoms with Crippen molar-refractivity contribution in [3.63, 3.8) is 0 Å². The van der Waals surface area contributed by atoms with E-state index in [-0.39, 0.29) is 23.8 Å². The molecule has 1 aromatic carbocycles. The standard InChI is InChI=1S/C19H29N3O2/c1-14-6-8-15(9-7-14)18-16(10-11-17(23)22(18)4)19(24)20-12-5-13-21(2)3/h6-9,16,18H,5,10-13H2,1-4H3,(H,20,24)/t16-,18-/m1/s1. The topological polar surface area (TPSA) is 52.7 Å². The van der Waals surface area contributed by atoms with Crippen molar-refractivity contribution in [2.24, 2.45) is 5.92 Å². The summed E-state index contributed by atoms with van der Waals surface area (Å²) < 4.78 is 0. The Balaban J connectivity index is 2.08. The zero-order valence-corrected chi connectivity index (χ0v) is 15.2. The minimum absolute atomic E-state index is 0.0543. The van der Waals surface area contributed by atoms with Crippen molar-refractivity contribution in [2.75, 3.05) is 34.2 Å². The van der Waals surface area contributed by atoms with Crippen LogP contribution in [0.15, 0.2) is 24.3 Å². The minimum Gasteiger partial charge on any atom is -0.356 e. The Morgan fingerprint density at radius 3 is 2.58 bits per heavy atom. The van der Waals surface area contributed by atoms with Gasteiger partial charge in [0.25, 0.3) is 0 Å². The predicted octanol–water partition coefficient (Wildman–Crippen LogP) is 1.97. The zero-order valence-electron chi connectivity index (χ0n) is 15.2. The SMILES string of the molecule is Cc1ccc([C@@H]2[C@H](C(=O)NCCCN(C)C)CCC(=O)N2C)cc1. The number of benzene rings is 1. The summed E-state index contributed by atoms with van der Waals surface area (Å²) in [4.78, 5) is 28.7. The van der Waals surface area contributed by atoms with E-state index in [0.29, 0.717) is 19.4 Å². The molecule has 0 radical (unpaired) electrons. The van der Waals surface area contributed by atoms with Gasteiger partial charge in [0.1, 0.15) is 0 Å². The molecule has 0 aliphatic carbocycles. The zero-order chi connectivity index (χ0) is 17.7.